The van der Waals surface area contributed by atoms with Crippen LogP contribution in [0.5, 0.6) is 0 Å². The van der Waals surface area contributed by atoms with Crippen LogP contribution in [-0.4, -0.2) is 64.8 Å². The molecule has 5 rings (SSSR count). The first-order valence-electron chi connectivity index (χ1n) is 10.7. The number of fused-ring (bicyclic) bond motifs is 1. The molecule has 0 spiro atoms. The number of nitrogens with zero attached hydrogens (tertiary/aromatic N) is 4. The Hall–Kier alpha value is -1.98. The van der Waals surface area contributed by atoms with E-state index in [1.165, 1.54) is 16.5 Å². The molecule has 0 radical (unpaired) electrons. The summed E-state index contributed by atoms with van der Waals surface area (Å²) in [5.41, 5.74) is 1.02. The van der Waals surface area contributed by atoms with Crippen molar-refractivity contribution >= 4 is 49.1 Å². The van der Waals surface area contributed by atoms with Crippen molar-refractivity contribution < 1.29 is 17.6 Å². The average Bonchev–Trinajstić information content (AvgIpc) is 3.50. The Morgan fingerprint density at radius 3 is 2.94 bits per heavy atom. The Balaban J connectivity index is 1.14. The lowest BCUT2D eigenvalue weighted by Gasteiger charge is -2.31. The van der Waals surface area contributed by atoms with Gasteiger partial charge >= 0.3 is 0 Å². The van der Waals surface area contributed by atoms with Crippen molar-refractivity contribution in [2.45, 2.75) is 36.8 Å². The standard InChI is InChI=1S/C21H24N4O4S3/c26-19(12-30-21-24-23-18(29-21)10-14-7-9-32(27,28)13-14)25-8-3-4-15(11-25)20-22-16-5-1-2-6-17(16)31-20/h1-2,5-6,14-15H,3-4,7-13H2/t14-,15-/m1/s1. The van der Waals surface area contributed by atoms with Crippen molar-refractivity contribution in [3.63, 3.8) is 0 Å². The molecule has 170 valence electrons. The fourth-order valence-electron chi connectivity index (χ4n) is 4.34. The molecule has 2 aliphatic rings. The van der Waals surface area contributed by atoms with Crippen molar-refractivity contribution in [2.75, 3.05) is 30.3 Å². The minimum absolute atomic E-state index is 0.0349. The van der Waals surface area contributed by atoms with Crippen LogP contribution in [0.25, 0.3) is 10.2 Å². The van der Waals surface area contributed by atoms with Gasteiger partial charge in [-0.25, -0.2) is 13.4 Å². The van der Waals surface area contributed by atoms with E-state index in [0.717, 1.165) is 29.9 Å². The van der Waals surface area contributed by atoms with E-state index in [1.54, 1.807) is 11.3 Å². The van der Waals surface area contributed by atoms with Crippen LogP contribution in [0.1, 0.15) is 36.1 Å². The number of piperidine rings is 1. The fraction of sp³-hybridized carbons (Fsp3) is 0.524. The smallest absolute Gasteiger partial charge is 0.277 e. The molecule has 1 amide bonds. The lowest BCUT2D eigenvalue weighted by atomic mass is 9.99. The molecule has 0 saturated carbocycles. The van der Waals surface area contributed by atoms with Crippen LogP contribution in [0, 0.1) is 5.92 Å². The van der Waals surface area contributed by atoms with Gasteiger partial charge in [-0.05, 0) is 37.3 Å². The summed E-state index contributed by atoms with van der Waals surface area (Å²) in [4.78, 5) is 19.5. The van der Waals surface area contributed by atoms with E-state index < -0.39 is 9.84 Å². The number of para-hydroxylation sites is 1. The first-order chi connectivity index (χ1) is 15.4. The molecule has 3 aromatic rings. The maximum atomic E-state index is 12.8. The highest BCUT2D eigenvalue weighted by atomic mass is 32.2. The number of carbonyl (C=O) groups is 1. The third-order valence-electron chi connectivity index (χ3n) is 5.99. The van der Waals surface area contributed by atoms with Crippen molar-refractivity contribution in [1.82, 2.24) is 20.1 Å². The number of aromatic nitrogens is 3. The lowest BCUT2D eigenvalue weighted by molar-refractivity contribution is -0.129. The SMILES string of the molecule is O=C(CSc1nnc(C[C@H]2CCS(=O)(=O)C2)o1)N1CCC[C@@H](c2nc3ccccc3s2)C1. The van der Waals surface area contributed by atoms with Crippen molar-refractivity contribution in [1.29, 1.82) is 0 Å². The average molecular weight is 493 g/mol. The molecule has 0 bridgehead atoms. The van der Waals surface area contributed by atoms with Crippen LogP contribution >= 0.6 is 23.1 Å². The molecule has 2 aliphatic heterocycles. The van der Waals surface area contributed by atoms with Crippen molar-refractivity contribution in [3.05, 3.63) is 35.2 Å². The van der Waals surface area contributed by atoms with Crippen LogP contribution < -0.4 is 0 Å². The topological polar surface area (TPSA) is 106 Å². The van der Waals surface area contributed by atoms with Crippen LogP contribution in [0.3, 0.4) is 0 Å². The fourth-order valence-corrected chi connectivity index (χ4v) is 7.98. The summed E-state index contributed by atoms with van der Waals surface area (Å²) in [6.07, 6.45) is 3.11. The molecule has 2 saturated heterocycles. The summed E-state index contributed by atoms with van der Waals surface area (Å²) in [6, 6.07) is 8.14. The summed E-state index contributed by atoms with van der Waals surface area (Å²) >= 11 is 2.96. The third-order valence-corrected chi connectivity index (χ3v) is 9.83. The lowest BCUT2D eigenvalue weighted by Crippen LogP contribution is -2.40. The van der Waals surface area contributed by atoms with Gasteiger partial charge in [0.2, 0.25) is 11.8 Å². The summed E-state index contributed by atoms with van der Waals surface area (Å²) < 4.78 is 30.0. The highest BCUT2D eigenvalue weighted by Gasteiger charge is 2.30. The van der Waals surface area contributed by atoms with Crippen LogP contribution in [0.4, 0.5) is 0 Å². The van der Waals surface area contributed by atoms with Gasteiger partial charge in [0.15, 0.2) is 9.84 Å². The van der Waals surface area contributed by atoms with Gasteiger partial charge in [-0.3, -0.25) is 4.79 Å². The zero-order chi connectivity index (χ0) is 22.1. The normalized spacial score (nSPS) is 23.1. The van der Waals surface area contributed by atoms with Gasteiger partial charge in [-0.2, -0.15) is 0 Å². The monoisotopic (exact) mass is 492 g/mol. The molecule has 0 aliphatic carbocycles. The van der Waals surface area contributed by atoms with E-state index in [4.69, 9.17) is 9.40 Å². The van der Waals surface area contributed by atoms with Gasteiger partial charge in [-0.1, -0.05) is 23.9 Å². The molecular weight excluding hydrogens is 468 g/mol. The molecule has 32 heavy (non-hydrogen) atoms. The molecule has 1 aromatic carbocycles. The molecule has 4 heterocycles. The van der Waals surface area contributed by atoms with Gasteiger partial charge in [0.1, 0.15) is 0 Å². The molecule has 0 unspecified atom stereocenters. The first-order valence-corrected chi connectivity index (χ1v) is 14.4. The highest BCUT2D eigenvalue weighted by Crippen LogP contribution is 2.33. The number of hydrogen-bond acceptors (Lipinski definition) is 9. The summed E-state index contributed by atoms with van der Waals surface area (Å²) in [7, 11) is -2.92. The summed E-state index contributed by atoms with van der Waals surface area (Å²) in [5.74, 6) is 1.46. The van der Waals surface area contributed by atoms with Crippen LogP contribution in [0.15, 0.2) is 33.9 Å². The van der Waals surface area contributed by atoms with E-state index >= 15 is 0 Å². The number of carbonyl (C=O) groups excluding carboxylic acids is 1. The minimum Gasteiger partial charge on any atom is -0.416 e. The predicted molar refractivity (Wildman–Crippen MR) is 124 cm³/mol. The van der Waals surface area contributed by atoms with Crippen molar-refractivity contribution in [3.8, 4) is 0 Å². The third kappa shape index (κ3) is 4.99. The molecule has 0 N–H and O–H groups in total. The van der Waals surface area contributed by atoms with E-state index in [-0.39, 0.29) is 35.0 Å². The molecule has 2 fully saturated rings. The minimum atomic E-state index is -2.92. The number of thioether (sulfide) groups is 1. The van der Waals surface area contributed by atoms with Crippen molar-refractivity contribution in [2.24, 2.45) is 5.92 Å². The quantitative estimate of drug-likeness (QED) is 0.483. The molecule has 8 nitrogen and oxygen atoms in total. The van der Waals surface area contributed by atoms with E-state index in [2.05, 4.69) is 16.3 Å². The Kier molecular flexibility index (Phi) is 6.22. The number of hydrogen-bond donors (Lipinski definition) is 0. The molecule has 2 aromatic heterocycles. The zero-order valence-electron chi connectivity index (χ0n) is 17.5. The van der Waals surface area contributed by atoms with Gasteiger partial charge in [0, 0.05) is 25.4 Å². The predicted octanol–water partition coefficient (Wildman–Crippen LogP) is 3.15. The Bertz CT molecular complexity index is 1190. The molecule has 11 heteroatoms. The number of thiazole rings is 1. The van der Waals surface area contributed by atoms with E-state index in [9.17, 15) is 13.2 Å². The van der Waals surface area contributed by atoms with E-state index in [1.807, 2.05) is 23.1 Å². The Morgan fingerprint density at radius 1 is 1.25 bits per heavy atom. The number of sulfone groups is 1. The Morgan fingerprint density at radius 2 is 2.12 bits per heavy atom. The first kappa shape index (κ1) is 21.8. The molecular formula is C21H24N4O4S3. The Labute approximate surface area is 194 Å². The van der Waals surface area contributed by atoms with Gasteiger partial charge in [0.05, 0.1) is 32.5 Å². The zero-order valence-corrected chi connectivity index (χ0v) is 19.9. The van der Waals surface area contributed by atoms with Crippen LogP contribution in [0.2, 0.25) is 0 Å². The van der Waals surface area contributed by atoms with Gasteiger partial charge in [-0.15, -0.1) is 21.5 Å². The number of rotatable bonds is 6. The highest BCUT2D eigenvalue weighted by molar-refractivity contribution is 7.99. The van der Waals surface area contributed by atoms with E-state index in [0.29, 0.717) is 30.5 Å². The number of likely N-dealkylation sites (tertiary alicyclic amines) is 1. The second-order valence-electron chi connectivity index (χ2n) is 8.42. The van der Waals surface area contributed by atoms with Gasteiger partial charge < -0.3 is 9.32 Å². The molecule has 2 atom stereocenters. The summed E-state index contributed by atoms with van der Waals surface area (Å²) in [6.45, 7) is 1.44. The largest absolute Gasteiger partial charge is 0.416 e. The second kappa shape index (κ2) is 9.11. The number of amides is 1. The van der Waals surface area contributed by atoms with Crippen LogP contribution in [-0.2, 0) is 21.1 Å². The summed E-state index contributed by atoms with van der Waals surface area (Å²) in [5, 5.41) is 9.50. The maximum absolute atomic E-state index is 12.8. The van der Waals surface area contributed by atoms with Gasteiger partial charge in [0.25, 0.3) is 5.22 Å². The number of benzene rings is 1. The second-order valence-corrected chi connectivity index (χ2v) is 12.6. The maximum Gasteiger partial charge on any atom is 0.277 e.